The van der Waals surface area contributed by atoms with Crippen LogP contribution in [-0.2, 0) is 19.6 Å². The predicted octanol–water partition coefficient (Wildman–Crippen LogP) is 1.68. The highest BCUT2D eigenvalue weighted by Gasteiger charge is 2.61. The smallest absolute Gasteiger partial charge is 0.259 e. The lowest BCUT2D eigenvalue weighted by molar-refractivity contribution is -0.130. The number of nitrogens with one attached hydrogen (secondary N) is 3. The number of aromatic nitrogens is 1. The van der Waals surface area contributed by atoms with Gasteiger partial charge in [0, 0.05) is 34.7 Å². The molecule has 1 saturated heterocycles. The van der Waals surface area contributed by atoms with Crippen LogP contribution in [0.3, 0.4) is 0 Å². The number of carbonyl (C=O) groups excluding carboxylic acids is 2. The molecule has 3 N–H and O–H groups in total. The first-order chi connectivity index (χ1) is 17.2. The van der Waals surface area contributed by atoms with Crippen molar-refractivity contribution in [3.8, 4) is 11.6 Å². The Kier molecular flexibility index (Phi) is 6.34. The van der Waals surface area contributed by atoms with E-state index in [-0.39, 0.29) is 12.0 Å². The Labute approximate surface area is 213 Å². The molecule has 10 nitrogen and oxygen atoms in total. The number of hydrogen-bond acceptors (Lipinski definition) is 8. The Bertz CT molecular complexity index is 1350. The molecule has 2 amide bonds. The zero-order valence-corrected chi connectivity index (χ0v) is 21.2. The van der Waals surface area contributed by atoms with Gasteiger partial charge in [-0.15, -0.1) is 6.58 Å². The molecule has 1 aromatic carbocycles. The lowest BCUT2D eigenvalue weighted by Crippen LogP contribution is -2.55. The number of amides is 2. The van der Waals surface area contributed by atoms with Crippen molar-refractivity contribution >= 4 is 44.2 Å². The van der Waals surface area contributed by atoms with Crippen LogP contribution < -0.4 is 24.8 Å². The van der Waals surface area contributed by atoms with Crippen molar-refractivity contribution < 1.29 is 27.5 Å². The summed E-state index contributed by atoms with van der Waals surface area (Å²) >= 11 is 6.18. The SMILES string of the molecule is C=CC1CC1(NC(=O)C1CC(Oc2ncc(OC)c3ccc(Cl)cc23)CN1)C(=O)NS(=O)(=O)C1CC1. The minimum absolute atomic E-state index is 0.295. The summed E-state index contributed by atoms with van der Waals surface area (Å²) in [6, 6.07) is 4.70. The fourth-order valence-corrected chi connectivity index (χ4v) is 6.13. The molecular weight excluding hydrogens is 508 g/mol. The van der Waals surface area contributed by atoms with Crippen LogP contribution in [0.15, 0.2) is 37.1 Å². The van der Waals surface area contributed by atoms with Crippen molar-refractivity contribution in [3.05, 3.63) is 42.1 Å². The second-order valence-corrected chi connectivity index (χ2v) is 11.8. The number of rotatable bonds is 9. The number of hydrogen-bond donors (Lipinski definition) is 3. The van der Waals surface area contributed by atoms with Crippen LogP contribution in [0.5, 0.6) is 11.6 Å². The molecule has 0 bridgehead atoms. The summed E-state index contributed by atoms with van der Waals surface area (Å²) in [5.41, 5.74) is -1.31. The van der Waals surface area contributed by atoms with E-state index in [9.17, 15) is 18.0 Å². The largest absolute Gasteiger partial charge is 0.494 e. The fraction of sp³-hybridized carbons (Fsp3) is 0.458. The van der Waals surface area contributed by atoms with Crippen molar-refractivity contribution in [2.24, 2.45) is 5.92 Å². The van der Waals surface area contributed by atoms with Gasteiger partial charge in [0.1, 0.15) is 17.4 Å². The quantitative estimate of drug-likeness (QED) is 0.413. The second-order valence-electron chi connectivity index (χ2n) is 9.44. The van der Waals surface area contributed by atoms with Crippen molar-refractivity contribution in [3.63, 3.8) is 0 Å². The van der Waals surface area contributed by atoms with Crippen LogP contribution in [0, 0.1) is 5.92 Å². The molecule has 3 fully saturated rings. The molecule has 0 radical (unpaired) electrons. The third-order valence-corrected chi connectivity index (χ3v) is 8.98. The van der Waals surface area contributed by atoms with E-state index in [1.165, 1.54) is 0 Å². The average molecular weight is 535 g/mol. The molecule has 192 valence electrons. The monoisotopic (exact) mass is 534 g/mol. The summed E-state index contributed by atoms with van der Waals surface area (Å²) in [4.78, 5) is 30.3. The van der Waals surface area contributed by atoms with Gasteiger partial charge in [0.25, 0.3) is 5.91 Å². The van der Waals surface area contributed by atoms with Gasteiger partial charge in [0.15, 0.2) is 0 Å². The summed E-state index contributed by atoms with van der Waals surface area (Å²) in [6.45, 7) is 4.09. The molecule has 3 aliphatic rings. The first kappa shape index (κ1) is 24.8. The highest BCUT2D eigenvalue weighted by Crippen LogP contribution is 2.45. The van der Waals surface area contributed by atoms with Gasteiger partial charge in [-0.1, -0.05) is 17.7 Å². The first-order valence-corrected chi connectivity index (χ1v) is 13.6. The number of benzene rings is 1. The molecule has 5 rings (SSSR count). The van der Waals surface area contributed by atoms with E-state index < -0.39 is 38.7 Å². The van der Waals surface area contributed by atoms with Gasteiger partial charge >= 0.3 is 0 Å². The number of ether oxygens (including phenoxy) is 2. The lowest BCUT2D eigenvalue weighted by atomic mass is 10.1. The van der Waals surface area contributed by atoms with E-state index >= 15 is 0 Å². The van der Waals surface area contributed by atoms with Crippen molar-refractivity contribution in [1.29, 1.82) is 0 Å². The summed E-state index contributed by atoms with van der Waals surface area (Å²) < 4.78 is 38.2. The minimum atomic E-state index is -3.73. The molecule has 12 heteroatoms. The lowest BCUT2D eigenvalue weighted by Gasteiger charge is -2.21. The standard InChI is InChI=1S/C24H27ClN4O6S/c1-3-13-10-24(13,23(31)29-36(32,33)16-5-6-16)28-21(30)19-9-15(11-26-19)35-22-18-8-14(25)4-7-17(18)20(34-2)12-27-22/h3-4,7-8,12-13,15-16,19,26H,1,5-6,9-11H2,2H3,(H,28,30)(H,29,31). The van der Waals surface area contributed by atoms with Gasteiger partial charge in [0.2, 0.25) is 21.8 Å². The molecule has 2 aliphatic carbocycles. The van der Waals surface area contributed by atoms with E-state index in [4.69, 9.17) is 21.1 Å². The summed E-state index contributed by atoms with van der Waals surface area (Å²) in [5.74, 6) is -0.506. The van der Waals surface area contributed by atoms with Crippen LogP contribution in [0.25, 0.3) is 10.8 Å². The van der Waals surface area contributed by atoms with Crippen LogP contribution in [-0.4, -0.2) is 61.8 Å². The van der Waals surface area contributed by atoms with E-state index in [1.54, 1.807) is 31.5 Å². The van der Waals surface area contributed by atoms with Crippen molar-refractivity contribution in [2.75, 3.05) is 13.7 Å². The summed E-state index contributed by atoms with van der Waals surface area (Å²) in [7, 11) is -2.18. The van der Waals surface area contributed by atoms with Crippen molar-refractivity contribution in [2.45, 2.75) is 48.6 Å². The maximum atomic E-state index is 13.1. The molecule has 1 aromatic heterocycles. The number of halogens is 1. The normalized spacial score (nSPS) is 27.3. The zero-order valence-electron chi connectivity index (χ0n) is 19.6. The number of fused-ring (bicyclic) bond motifs is 1. The number of carbonyl (C=O) groups is 2. The van der Waals surface area contributed by atoms with E-state index in [1.807, 2.05) is 6.07 Å². The Balaban J connectivity index is 1.26. The average Bonchev–Trinajstić information content (AvgIpc) is 3.76. The highest BCUT2D eigenvalue weighted by molar-refractivity contribution is 7.91. The number of sulfonamides is 1. The number of nitrogens with zero attached hydrogens (tertiary/aromatic N) is 1. The topological polar surface area (TPSA) is 136 Å². The summed E-state index contributed by atoms with van der Waals surface area (Å²) in [5, 5.41) is 7.36. The van der Waals surface area contributed by atoms with E-state index in [0.717, 1.165) is 5.39 Å². The van der Waals surface area contributed by atoms with Gasteiger partial charge in [0.05, 0.1) is 24.6 Å². The zero-order chi connectivity index (χ0) is 25.7. The Hall–Kier alpha value is -2.89. The first-order valence-electron chi connectivity index (χ1n) is 11.7. The molecule has 1 aliphatic heterocycles. The van der Waals surface area contributed by atoms with Crippen LogP contribution in [0.2, 0.25) is 5.02 Å². The third kappa shape index (κ3) is 4.62. The molecule has 36 heavy (non-hydrogen) atoms. The van der Waals surface area contributed by atoms with Gasteiger partial charge < -0.3 is 20.1 Å². The molecule has 0 spiro atoms. The third-order valence-electron chi connectivity index (χ3n) is 6.93. The maximum absolute atomic E-state index is 13.1. The van der Waals surface area contributed by atoms with Gasteiger partial charge in [-0.2, -0.15) is 0 Å². The molecular formula is C24H27ClN4O6S. The number of methoxy groups -OCH3 is 1. The van der Waals surface area contributed by atoms with Crippen LogP contribution in [0.4, 0.5) is 0 Å². The maximum Gasteiger partial charge on any atom is 0.259 e. The van der Waals surface area contributed by atoms with E-state index in [0.29, 0.717) is 54.3 Å². The van der Waals surface area contributed by atoms with Gasteiger partial charge in [-0.05, 0) is 37.5 Å². The van der Waals surface area contributed by atoms with Crippen molar-refractivity contribution in [1.82, 2.24) is 20.3 Å². The molecule has 4 unspecified atom stereocenters. The Morgan fingerprint density at radius 2 is 2.08 bits per heavy atom. The molecule has 2 aromatic rings. The molecule has 2 saturated carbocycles. The Morgan fingerprint density at radius 1 is 1.31 bits per heavy atom. The van der Waals surface area contributed by atoms with Gasteiger partial charge in [-0.25, -0.2) is 13.4 Å². The second kappa shape index (κ2) is 9.20. The fourth-order valence-electron chi connectivity index (χ4n) is 4.59. The van der Waals surface area contributed by atoms with Gasteiger partial charge in [-0.3, -0.25) is 14.3 Å². The number of pyridine rings is 1. The van der Waals surface area contributed by atoms with E-state index in [2.05, 4.69) is 26.9 Å². The highest BCUT2D eigenvalue weighted by atomic mass is 35.5. The summed E-state index contributed by atoms with van der Waals surface area (Å²) in [6.07, 6.45) is 4.46. The Morgan fingerprint density at radius 3 is 2.75 bits per heavy atom. The molecule has 2 heterocycles. The van der Waals surface area contributed by atoms with Crippen LogP contribution >= 0.6 is 11.6 Å². The van der Waals surface area contributed by atoms with Crippen LogP contribution in [0.1, 0.15) is 25.7 Å². The molecule has 4 atom stereocenters. The predicted molar refractivity (Wildman–Crippen MR) is 133 cm³/mol. The minimum Gasteiger partial charge on any atom is -0.494 e.